The maximum Gasteiger partial charge on any atom is 0.258 e. The minimum atomic E-state index is -4.43. The lowest BCUT2D eigenvalue weighted by atomic mass is 9.99. The maximum absolute atomic E-state index is 13.7. The van der Waals surface area contributed by atoms with Gasteiger partial charge in [0, 0.05) is 32.7 Å². The van der Waals surface area contributed by atoms with E-state index in [0.29, 0.717) is 24.0 Å². The van der Waals surface area contributed by atoms with Crippen LogP contribution in [0, 0.1) is 0 Å². The van der Waals surface area contributed by atoms with E-state index in [2.05, 4.69) is 4.72 Å². The average molecular weight is 743 g/mol. The van der Waals surface area contributed by atoms with Crippen molar-refractivity contribution in [2.75, 3.05) is 19.6 Å². The summed E-state index contributed by atoms with van der Waals surface area (Å²) in [5, 5.41) is 37.0. The lowest BCUT2D eigenvalue weighted by Gasteiger charge is -2.30. The van der Waals surface area contributed by atoms with Crippen LogP contribution in [-0.4, -0.2) is 75.3 Å². The molecule has 0 bridgehead atoms. The van der Waals surface area contributed by atoms with Crippen molar-refractivity contribution in [1.29, 1.82) is 0 Å². The van der Waals surface area contributed by atoms with Gasteiger partial charge < -0.3 is 20.2 Å². The van der Waals surface area contributed by atoms with Crippen molar-refractivity contribution in [3.05, 3.63) is 106 Å². The van der Waals surface area contributed by atoms with E-state index >= 15 is 0 Å². The van der Waals surface area contributed by atoms with Crippen LogP contribution in [0.15, 0.2) is 87.5 Å². The van der Waals surface area contributed by atoms with E-state index in [9.17, 15) is 45.4 Å². The molecule has 17 heteroatoms. The van der Waals surface area contributed by atoms with Crippen LogP contribution in [0.4, 0.5) is 0 Å². The zero-order valence-electron chi connectivity index (χ0n) is 26.5. The highest BCUT2D eigenvalue weighted by atomic mass is 32.2. The second-order valence-corrected chi connectivity index (χ2v) is 17.3. The van der Waals surface area contributed by atoms with E-state index in [0.717, 1.165) is 27.1 Å². The Morgan fingerprint density at radius 2 is 1.36 bits per heavy atom. The first kappa shape index (κ1) is 35.3. The molecule has 6 N–H and O–H groups in total. The molecule has 1 amide bonds. The number of nitrogens with two attached hydrogens (primary N) is 1. The van der Waals surface area contributed by atoms with Gasteiger partial charge in [-0.15, -0.1) is 0 Å². The number of aromatic hydroxyl groups is 3. The Labute approximate surface area is 289 Å². The van der Waals surface area contributed by atoms with Gasteiger partial charge in [-0.2, -0.15) is 4.31 Å². The van der Waals surface area contributed by atoms with Gasteiger partial charge >= 0.3 is 0 Å². The van der Waals surface area contributed by atoms with E-state index in [-0.39, 0.29) is 48.9 Å². The fourth-order valence-corrected chi connectivity index (χ4v) is 9.23. The number of phenolic OH excluding ortho intramolecular Hbond substituents is 3. The largest absolute Gasteiger partial charge is 0.504 e. The number of primary sulfonamides is 1. The van der Waals surface area contributed by atoms with Gasteiger partial charge in [0.05, 0.1) is 15.4 Å². The number of amides is 1. The first-order chi connectivity index (χ1) is 23.6. The van der Waals surface area contributed by atoms with Crippen LogP contribution >= 0.6 is 0 Å². The van der Waals surface area contributed by atoms with Crippen molar-refractivity contribution in [1.82, 2.24) is 13.9 Å². The van der Waals surface area contributed by atoms with Crippen LogP contribution in [0.2, 0.25) is 0 Å². The number of carbonyl (C=O) groups is 1. The number of phenols is 3. The molecule has 0 aromatic heterocycles. The van der Waals surface area contributed by atoms with Crippen LogP contribution in [-0.2, 0) is 62.4 Å². The quantitative estimate of drug-likeness (QED) is 0.157. The van der Waals surface area contributed by atoms with Crippen LogP contribution in [0.5, 0.6) is 17.2 Å². The third kappa shape index (κ3) is 6.92. The molecule has 0 saturated heterocycles. The van der Waals surface area contributed by atoms with Crippen LogP contribution in [0.1, 0.15) is 38.2 Å². The van der Waals surface area contributed by atoms with E-state index in [1.54, 1.807) is 18.2 Å². The lowest BCUT2D eigenvalue weighted by molar-refractivity contribution is 0.0730. The van der Waals surface area contributed by atoms with Gasteiger partial charge in [0.15, 0.2) is 11.5 Å². The summed E-state index contributed by atoms with van der Waals surface area (Å²) in [6.45, 7) is 0.186. The van der Waals surface area contributed by atoms with Gasteiger partial charge in [0.25, 0.3) is 5.91 Å². The SMILES string of the molecule is NS(=O)(=O)c1ccc(CCNS(=O)(=O)c2ccc3c(c2)CN(C(=O)c2cc(S(=O)(=O)N4CCc5ccccc5C4)c(O)c(O)c2O)CC3)cc1. The summed E-state index contributed by atoms with van der Waals surface area (Å²) in [6, 6.07) is 18.4. The third-order valence-electron chi connectivity index (χ3n) is 8.90. The zero-order chi connectivity index (χ0) is 36.0. The van der Waals surface area contributed by atoms with Crippen molar-refractivity contribution in [3.63, 3.8) is 0 Å². The fraction of sp³-hybridized carbons (Fsp3) is 0.242. The van der Waals surface area contributed by atoms with E-state index in [4.69, 9.17) is 5.14 Å². The Balaban J connectivity index is 1.19. The lowest BCUT2D eigenvalue weighted by Crippen LogP contribution is -2.37. The summed E-state index contributed by atoms with van der Waals surface area (Å²) in [7, 11) is -12.3. The van der Waals surface area contributed by atoms with Crippen LogP contribution in [0.3, 0.4) is 0 Å². The third-order valence-corrected chi connectivity index (χ3v) is 13.1. The Kier molecular flexibility index (Phi) is 9.40. The van der Waals surface area contributed by atoms with Crippen molar-refractivity contribution in [2.24, 2.45) is 5.14 Å². The predicted molar refractivity (Wildman–Crippen MR) is 181 cm³/mol. The molecule has 0 radical (unpaired) electrons. The number of nitrogens with one attached hydrogen (secondary N) is 1. The maximum atomic E-state index is 13.7. The van der Waals surface area contributed by atoms with Crippen LogP contribution < -0.4 is 9.86 Å². The summed E-state index contributed by atoms with van der Waals surface area (Å²) in [5.74, 6) is -4.04. The number of hydrogen-bond acceptors (Lipinski definition) is 10. The van der Waals surface area contributed by atoms with Gasteiger partial charge in [-0.25, -0.2) is 35.1 Å². The molecule has 264 valence electrons. The molecule has 14 nitrogen and oxygen atoms in total. The minimum Gasteiger partial charge on any atom is -0.504 e. The molecule has 4 aromatic carbocycles. The van der Waals surface area contributed by atoms with Gasteiger partial charge in [-0.1, -0.05) is 42.5 Å². The molecule has 2 aliphatic rings. The fourth-order valence-electron chi connectivity index (χ4n) is 6.10. The van der Waals surface area contributed by atoms with Crippen molar-refractivity contribution in [3.8, 4) is 17.2 Å². The molecule has 6 rings (SSSR count). The summed E-state index contributed by atoms with van der Waals surface area (Å²) >= 11 is 0. The van der Waals surface area contributed by atoms with Gasteiger partial charge in [0.2, 0.25) is 35.8 Å². The van der Waals surface area contributed by atoms with Crippen molar-refractivity contribution in [2.45, 2.75) is 47.0 Å². The van der Waals surface area contributed by atoms with Crippen LogP contribution in [0.25, 0.3) is 0 Å². The Bertz CT molecular complexity index is 2330. The highest BCUT2D eigenvalue weighted by molar-refractivity contribution is 7.89. The molecule has 0 fully saturated rings. The van der Waals surface area contributed by atoms with Gasteiger partial charge in [-0.3, -0.25) is 4.79 Å². The number of nitrogens with zero attached hydrogens (tertiary/aromatic N) is 2. The zero-order valence-corrected chi connectivity index (χ0v) is 28.9. The standard InChI is InChI=1S/C33H34N4O10S3/c34-48(42,43)26-8-5-21(6-9-26)11-14-35-49(44,45)27-10-7-23-12-15-36(19-25(23)17-27)33(41)28-18-29(31(39)32(40)30(28)38)50(46,47)37-16-13-22-3-1-2-4-24(22)20-37/h1-10,17-18,35,38-40H,11-16,19-20H2,(H2,34,42,43). The molecule has 0 aliphatic carbocycles. The van der Waals surface area contributed by atoms with Crippen molar-refractivity contribution >= 4 is 36.0 Å². The molecule has 0 unspecified atom stereocenters. The van der Waals surface area contributed by atoms with Gasteiger partial charge in [-0.05, 0) is 77.4 Å². The highest BCUT2D eigenvalue weighted by Gasteiger charge is 2.35. The average Bonchev–Trinajstić information content (AvgIpc) is 3.09. The summed E-state index contributed by atoms with van der Waals surface area (Å²) in [5.41, 5.74) is 3.20. The number of carbonyl (C=O) groups excluding carboxylic acids is 1. The molecule has 4 aromatic rings. The predicted octanol–water partition coefficient (Wildman–Crippen LogP) is 1.92. The Morgan fingerprint density at radius 3 is 2.06 bits per heavy atom. The molecular weight excluding hydrogens is 709 g/mol. The number of fused-ring (bicyclic) bond motifs is 2. The summed E-state index contributed by atoms with van der Waals surface area (Å²) in [6.07, 6.45) is 1.01. The Morgan fingerprint density at radius 1 is 0.720 bits per heavy atom. The number of sulfonamides is 3. The normalized spacial score (nSPS) is 15.3. The smallest absolute Gasteiger partial charge is 0.258 e. The molecule has 50 heavy (non-hydrogen) atoms. The van der Waals surface area contributed by atoms with E-state index < -0.39 is 63.7 Å². The second-order valence-electron chi connectivity index (χ2n) is 12.1. The second kappa shape index (κ2) is 13.3. The molecule has 2 heterocycles. The minimum absolute atomic E-state index is 0.0115. The van der Waals surface area contributed by atoms with E-state index in [1.165, 1.54) is 41.3 Å². The number of rotatable bonds is 9. The monoisotopic (exact) mass is 742 g/mol. The number of benzene rings is 4. The number of hydrogen-bond donors (Lipinski definition) is 5. The first-order valence-electron chi connectivity index (χ1n) is 15.4. The topological polar surface area (TPSA) is 225 Å². The summed E-state index contributed by atoms with van der Waals surface area (Å²) in [4.78, 5) is 14.2. The molecule has 0 saturated carbocycles. The molecule has 2 aliphatic heterocycles. The molecular formula is C33H34N4O10S3. The Hall–Kier alpha value is -4.52. The van der Waals surface area contributed by atoms with Crippen molar-refractivity contribution < 1.29 is 45.4 Å². The van der Waals surface area contributed by atoms with Gasteiger partial charge in [0.1, 0.15) is 4.90 Å². The highest BCUT2D eigenvalue weighted by Crippen LogP contribution is 2.44. The first-order valence-corrected chi connectivity index (χ1v) is 19.9. The molecule has 0 atom stereocenters. The van der Waals surface area contributed by atoms with E-state index in [1.807, 2.05) is 12.1 Å². The summed E-state index contributed by atoms with van der Waals surface area (Å²) < 4.78 is 80.2. The molecule has 0 spiro atoms.